The van der Waals surface area contributed by atoms with E-state index in [2.05, 4.69) is 20.9 Å². The standard InChI is InChI=1S/C24H23FN4O5/c1-31-18-10-14(11-19(32-2)22(18)33-3)21-20-16(26-23-24(27-21)29-34-28-23)8-13(9-17(20)30)12-4-6-15(25)7-5-12/h4-7,10-11,13,21H,8-9H2,1-3H3,(H,26,28)(H,27,29). The monoisotopic (exact) mass is 466 g/mol. The molecule has 2 unspecified atom stereocenters. The second kappa shape index (κ2) is 8.69. The highest BCUT2D eigenvalue weighted by atomic mass is 19.1. The first-order valence-corrected chi connectivity index (χ1v) is 10.7. The Morgan fingerprint density at radius 2 is 1.62 bits per heavy atom. The van der Waals surface area contributed by atoms with E-state index in [1.54, 1.807) is 24.3 Å². The predicted octanol–water partition coefficient (Wildman–Crippen LogP) is 4.21. The third-order valence-corrected chi connectivity index (χ3v) is 6.20. The van der Waals surface area contributed by atoms with E-state index >= 15 is 0 Å². The molecule has 176 valence electrons. The van der Waals surface area contributed by atoms with Gasteiger partial charge in [0.15, 0.2) is 17.3 Å². The van der Waals surface area contributed by atoms with Crippen LogP contribution in [0.1, 0.15) is 35.9 Å². The Hall–Kier alpha value is -4.08. The lowest BCUT2D eigenvalue weighted by atomic mass is 9.78. The number of nitrogens with one attached hydrogen (secondary N) is 2. The maximum absolute atomic E-state index is 13.6. The molecule has 2 atom stereocenters. The molecular formula is C24H23FN4O5. The summed E-state index contributed by atoms with van der Waals surface area (Å²) in [6.45, 7) is 0. The number of hydrogen-bond acceptors (Lipinski definition) is 9. The van der Waals surface area contributed by atoms with Crippen molar-refractivity contribution in [3.05, 3.63) is 64.6 Å². The summed E-state index contributed by atoms with van der Waals surface area (Å²) in [6, 6.07) is 9.25. The lowest BCUT2D eigenvalue weighted by Gasteiger charge is -2.30. The van der Waals surface area contributed by atoms with Crippen molar-refractivity contribution >= 4 is 17.4 Å². The van der Waals surface area contributed by atoms with E-state index in [1.165, 1.54) is 33.5 Å². The molecule has 2 aromatic carbocycles. The molecule has 0 bridgehead atoms. The van der Waals surface area contributed by atoms with Crippen molar-refractivity contribution in [2.45, 2.75) is 24.8 Å². The molecule has 0 fully saturated rings. The van der Waals surface area contributed by atoms with Crippen LogP contribution in [-0.4, -0.2) is 37.4 Å². The number of aromatic nitrogens is 2. The Bertz CT molecular complexity index is 1250. The maximum atomic E-state index is 13.6. The predicted molar refractivity (Wildman–Crippen MR) is 121 cm³/mol. The number of hydrogen-bond donors (Lipinski definition) is 2. The highest BCUT2D eigenvalue weighted by Crippen LogP contribution is 2.46. The van der Waals surface area contributed by atoms with Crippen LogP contribution in [0.3, 0.4) is 0 Å². The van der Waals surface area contributed by atoms with Crippen LogP contribution in [0, 0.1) is 5.82 Å². The lowest BCUT2D eigenvalue weighted by Crippen LogP contribution is -2.27. The number of fused-ring (bicyclic) bond motifs is 1. The Morgan fingerprint density at radius 1 is 0.941 bits per heavy atom. The molecular weight excluding hydrogens is 443 g/mol. The first kappa shape index (κ1) is 21.7. The van der Waals surface area contributed by atoms with Crippen LogP contribution in [0.2, 0.25) is 0 Å². The van der Waals surface area contributed by atoms with Crippen molar-refractivity contribution in [1.82, 2.24) is 10.3 Å². The summed E-state index contributed by atoms with van der Waals surface area (Å²) in [5.41, 5.74) is 2.87. The van der Waals surface area contributed by atoms with Crippen molar-refractivity contribution in [2.75, 3.05) is 32.0 Å². The highest BCUT2D eigenvalue weighted by Gasteiger charge is 2.38. The molecule has 9 nitrogen and oxygen atoms in total. The van der Waals surface area contributed by atoms with E-state index in [0.29, 0.717) is 52.1 Å². The van der Waals surface area contributed by atoms with E-state index in [9.17, 15) is 9.18 Å². The highest BCUT2D eigenvalue weighted by molar-refractivity contribution is 6.01. The van der Waals surface area contributed by atoms with Gasteiger partial charge in [0, 0.05) is 17.7 Å². The van der Waals surface area contributed by atoms with Gasteiger partial charge in [-0.25, -0.2) is 9.02 Å². The molecule has 2 aliphatic rings. The molecule has 0 amide bonds. The average Bonchev–Trinajstić information content (AvgIpc) is 3.21. The molecule has 3 aromatic rings. The smallest absolute Gasteiger partial charge is 0.219 e. The zero-order chi connectivity index (χ0) is 23.8. The summed E-state index contributed by atoms with van der Waals surface area (Å²) in [4.78, 5) is 13.6. The molecule has 1 aromatic heterocycles. The molecule has 34 heavy (non-hydrogen) atoms. The van der Waals surface area contributed by atoms with Crippen molar-refractivity contribution in [2.24, 2.45) is 0 Å². The third-order valence-electron chi connectivity index (χ3n) is 6.20. The van der Waals surface area contributed by atoms with Crippen LogP contribution in [0.5, 0.6) is 17.2 Å². The van der Waals surface area contributed by atoms with Crippen molar-refractivity contribution < 1.29 is 28.0 Å². The number of allylic oxidation sites excluding steroid dienone is 1. The van der Waals surface area contributed by atoms with Gasteiger partial charge in [0.05, 0.1) is 27.4 Å². The van der Waals surface area contributed by atoms with Crippen LogP contribution >= 0.6 is 0 Å². The van der Waals surface area contributed by atoms with Crippen LogP contribution in [0.4, 0.5) is 16.0 Å². The van der Waals surface area contributed by atoms with Gasteiger partial charge in [0.25, 0.3) is 0 Å². The fourth-order valence-corrected chi connectivity index (χ4v) is 4.59. The minimum atomic E-state index is -0.578. The Morgan fingerprint density at radius 3 is 2.26 bits per heavy atom. The van der Waals surface area contributed by atoms with Gasteiger partial charge in [0.1, 0.15) is 5.82 Å². The largest absolute Gasteiger partial charge is 0.493 e. The van der Waals surface area contributed by atoms with E-state index in [4.69, 9.17) is 18.8 Å². The molecule has 0 radical (unpaired) electrons. The summed E-state index contributed by atoms with van der Waals surface area (Å²) in [7, 11) is 4.60. The second-order valence-corrected chi connectivity index (χ2v) is 8.09. The number of halogens is 1. The Balaban J connectivity index is 1.62. The van der Waals surface area contributed by atoms with Gasteiger partial charge in [-0.1, -0.05) is 12.1 Å². The number of benzene rings is 2. The van der Waals surface area contributed by atoms with E-state index in [1.807, 2.05) is 0 Å². The van der Waals surface area contributed by atoms with Crippen LogP contribution in [0.25, 0.3) is 0 Å². The van der Waals surface area contributed by atoms with Crippen molar-refractivity contribution in [3.8, 4) is 17.2 Å². The Labute approximate surface area is 194 Å². The van der Waals surface area contributed by atoms with Gasteiger partial charge in [-0.05, 0) is 58.0 Å². The molecule has 10 heteroatoms. The summed E-state index contributed by atoms with van der Waals surface area (Å²) in [5.74, 6) is 1.66. The SMILES string of the molecule is COc1cc(C2Nc3nonc3NC3=C2C(=O)CC(c2ccc(F)cc2)C3)cc(OC)c1OC. The van der Waals surface area contributed by atoms with Gasteiger partial charge in [-0.15, -0.1) is 0 Å². The summed E-state index contributed by atoms with van der Waals surface area (Å²) < 4.78 is 34.8. The topological polar surface area (TPSA) is 108 Å². The summed E-state index contributed by atoms with van der Waals surface area (Å²) in [5, 5.41) is 14.4. The number of nitrogens with zero attached hydrogens (tertiary/aromatic N) is 2. The van der Waals surface area contributed by atoms with Crippen LogP contribution < -0.4 is 24.8 Å². The number of ketones is 1. The number of carbonyl (C=O) groups is 1. The van der Waals surface area contributed by atoms with Crippen LogP contribution in [0.15, 0.2) is 52.3 Å². The number of rotatable bonds is 5. The number of ether oxygens (including phenoxy) is 3. The first-order chi connectivity index (χ1) is 16.5. The molecule has 0 spiro atoms. The Kier molecular flexibility index (Phi) is 5.56. The summed E-state index contributed by atoms with van der Waals surface area (Å²) in [6.07, 6.45) is 0.811. The van der Waals surface area contributed by atoms with E-state index in [-0.39, 0.29) is 23.9 Å². The zero-order valence-electron chi connectivity index (χ0n) is 18.8. The molecule has 2 N–H and O–H groups in total. The van der Waals surface area contributed by atoms with E-state index in [0.717, 1.165) is 5.56 Å². The second-order valence-electron chi connectivity index (χ2n) is 8.09. The minimum absolute atomic E-state index is 0.0450. The fraction of sp³-hybridized carbons (Fsp3) is 0.292. The fourth-order valence-electron chi connectivity index (χ4n) is 4.59. The van der Waals surface area contributed by atoms with Gasteiger partial charge < -0.3 is 24.8 Å². The van der Waals surface area contributed by atoms with Gasteiger partial charge in [-0.3, -0.25) is 4.79 Å². The van der Waals surface area contributed by atoms with Gasteiger partial charge in [-0.2, -0.15) is 0 Å². The number of Topliss-reactive ketones (excluding diaryl/α,β-unsaturated/α-hetero) is 1. The molecule has 0 saturated heterocycles. The van der Waals surface area contributed by atoms with Crippen molar-refractivity contribution in [3.63, 3.8) is 0 Å². The molecule has 2 heterocycles. The third kappa shape index (κ3) is 3.70. The average molecular weight is 466 g/mol. The zero-order valence-corrected chi connectivity index (χ0v) is 18.8. The molecule has 1 aliphatic heterocycles. The molecule has 0 saturated carbocycles. The molecule has 1 aliphatic carbocycles. The minimum Gasteiger partial charge on any atom is -0.493 e. The summed E-state index contributed by atoms with van der Waals surface area (Å²) >= 11 is 0. The van der Waals surface area contributed by atoms with Crippen LogP contribution in [-0.2, 0) is 4.79 Å². The number of methoxy groups -OCH3 is 3. The van der Waals surface area contributed by atoms with E-state index < -0.39 is 6.04 Å². The van der Waals surface area contributed by atoms with Gasteiger partial charge in [0.2, 0.25) is 17.4 Å². The van der Waals surface area contributed by atoms with Crippen molar-refractivity contribution in [1.29, 1.82) is 0 Å². The lowest BCUT2D eigenvalue weighted by molar-refractivity contribution is -0.116. The first-order valence-electron chi connectivity index (χ1n) is 10.7. The maximum Gasteiger partial charge on any atom is 0.219 e. The number of carbonyl (C=O) groups excluding carboxylic acids is 1. The van der Waals surface area contributed by atoms with Gasteiger partial charge >= 0.3 is 0 Å². The normalized spacial score (nSPS) is 19.4. The number of anilines is 2. The quantitative estimate of drug-likeness (QED) is 0.572. The molecule has 5 rings (SSSR count).